The molecule has 0 atom stereocenters. The fraction of sp³-hybridized carbons (Fsp3) is 0.130. The third kappa shape index (κ3) is 3.21. The lowest BCUT2D eigenvalue weighted by Gasteiger charge is -2.04. The number of aryl methyl sites for hydroxylation is 2. The maximum atomic E-state index is 12.5. The molecule has 5 rings (SSSR count). The summed E-state index contributed by atoms with van der Waals surface area (Å²) in [5, 5.41) is 2.88. The van der Waals surface area contributed by atoms with Crippen LogP contribution < -0.4 is 5.32 Å². The zero-order valence-corrected chi connectivity index (χ0v) is 16.9. The number of amides is 1. The minimum absolute atomic E-state index is 0.120. The molecular formula is C23H19N3O2S. The summed E-state index contributed by atoms with van der Waals surface area (Å²) in [4.78, 5) is 18.2. The zero-order chi connectivity index (χ0) is 20.0. The topological polar surface area (TPSA) is 59.5 Å². The molecule has 29 heavy (non-hydrogen) atoms. The maximum absolute atomic E-state index is 12.5. The van der Waals surface area contributed by atoms with Gasteiger partial charge in [-0.25, -0.2) is 4.98 Å². The monoisotopic (exact) mass is 401 g/mol. The first-order valence-corrected chi connectivity index (χ1v) is 10.2. The van der Waals surface area contributed by atoms with Crippen molar-refractivity contribution in [3.05, 3.63) is 83.4 Å². The molecule has 0 saturated carbocycles. The Morgan fingerprint density at radius 2 is 2.07 bits per heavy atom. The summed E-state index contributed by atoms with van der Waals surface area (Å²) in [6, 6.07) is 15.8. The third-order valence-electron chi connectivity index (χ3n) is 5.02. The maximum Gasteiger partial charge on any atom is 0.251 e. The number of carbonyl (C=O) groups excluding carboxylic acids is 1. The lowest BCUT2D eigenvalue weighted by Crippen LogP contribution is -2.22. The van der Waals surface area contributed by atoms with Crippen LogP contribution in [0.15, 0.2) is 65.4 Å². The Morgan fingerprint density at radius 1 is 1.17 bits per heavy atom. The second kappa shape index (κ2) is 6.90. The van der Waals surface area contributed by atoms with Gasteiger partial charge in [0.25, 0.3) is 5.91 Å². The molecule has 0 fully saturated rings. The fourth-order valence-electron chi connectivity index (χ4n) is 3.56. The van der Waals surface area contributed by atoms with Crippen molar-refractivity contribution in [2.75, 3.05) is 0 Å². The molecule has 0 aliphatic rings. The van der Waals surface area contributed by atoms with Crippen molar-refractivity contribution < 1.29 is 9.21 Å². The van der Waals surface area contributed by atoms with Crippen molar-refractivity contribution in [1.82, 2.24) is 14.7 Å². The van der Waals surface area contributed by atoms with Gasteiger partial charge in [-0.3, -0.25) is 9.20 Å². The molecule has 0 aliphatic carbocycles. The average molecular weight is 401 g/mol. The van der Waals surface area contributed by atoms with E-state index in [4.69, 9.17) is 9.40 Å². The first-order valence-electron chi connectivity index (χ1n) is 9.38. The van der Waals surface area contributed by atoms with Crippen LogP contribution in [-0.4, -0.2) is 15.3 Å². The third-order valence-corrected chi connectivity index (χ3v) is 6.03. The quantitative estimate of drug-likeness (QED) is 0.441. The van der Waals surface area contributed by atoms with Crippen molar-refractivity contribution in [2.24, 2.45) is 0 Å². The van der Waals surface area contributed by atoms with Gasteiger partial charge in [-0.1, -0.05) is 35.1 Å². The van der Waals surface area contributed by atoms with E-state index in [0.29, 0.717) is 12.1 Å². The van der Waals surface area contributed by atoms with Gasteiger partial charge in [0.05, 0.1) is 28.7 Å². The Hall–Kier alpha value is -3.38. The highest BCUT2D eigenvalue weighted by Gasteiger charge is 2.14. The summed E-state index contributed by atoms with van der Waals surface area (Å²) < 4.78 is 8.39. The number of aromatic nitrogens is 2. The van der Waals surface area contributed by atoms with E-state index >= 15 is 0 Å². The number of nitrogens with one attached hydrogen (secondary N) is 1. The van der Waals surface area contributed by atoms with Crippen molar-refractivity contribution in [3.63, 3.8) is 0 Å². The van der Waals surface area contributed by atoms with E-state index in [1.165, 1.54) is 11.1 Å². The lowest BCUT2D eigenvalue weighted by molar-refractivity contribution is 0.0948. The van der Waals surface area contributed by atoms with Gasteiger partial charge >= 0.3 is 0 Å². The number of benzene rings is 2. The second-order valence-electron chi connectivity index (χ2n) is 7.14. The van der Waals surface area contributed by atoms with Crippen LogP contribution in [0.1, 0.15) is 27.2 Å². The van der Waals surface area contributed by atoms with Gasteiger partial charge in [0.1, 0.15) is 5.76 Å². The van der Waals surface area contributed by atoms with E-state index in [2.05, 4.69) is 48.0 Å². The number of hydrogen-bond donors (Lipinski definition) is 1. The van der Waals surface area contributed by atoms with Crippen molar-refractivity contribution in [3.8, 4) is 11.3 Å². The number of furan rings is 1. The molecule has 6 heteroatoms. The lowest BCUT2D eigenvalue weighted by atomic mass is 10.0. The Bertz CT molecular complexity index is 1350. The van der Waals surface area contributed by atoms with Gasteiger partial charge in [0.2, 0.25) is 0 Å². The number of carbonyl (C=O) groups is 1. The molecule has 144 valence electrons. The Labute approximate surface area is 171 Å². The van der Waals surface area contributed by atoms with Crippen LogP contribution in [0.3, 0.4) is 0 Å². The van der Waals surface area contributed by atoms with Crippen LogP contribution in [0, 0.1) is 13.8 Å². The van der Waals surface area contributed by atoms with Crippen LogP contribution in [-0.2, 0) is 6.54 Å². The Kier molecular flexibility index (Phi) is 4.21. The second-order valence-corrected chi connectivity index (χ2v) is 8.15. The van der Waals surface area contributed by atoms with E-state index < -0.39 is 0 Å². The highest BCUT2D eigenvalue weighted by molar-refractivity contribution is 7.23. The Morgan fingerprint density at radius 3 is 2.86 bits per heavy atom. The molecule has 5 aromatic rings. The summed E-state index contributed by atoms with van der Waals surface area (Å²) in [7, 11) is 0. The van der Waals surface area contributed by atoms with Crippen molar-refractivity contribution in [2.45, 2.75) is 20.4 Å². The summed E-state index contributed by atoms with van der Waals surface area (Å²) in [5.74, 6) is 0.609. The predicted molar refractivity (Wildman–Crippen MR) is 115 cm³/mol. The molecule has 3 heterocycles. The molecule has 1 amide bonds. The molecule has 0 aliphatic heterocycles. The predicted octanol–water partition coefficient (Wildman–Crippen LogP) is 5.36. The van der Waals surface area contributed by atoms with E-state index in [0.717, 1.165) is 32.2 Å². The van der Waals surface area contributed by atoms with Crippen molar-refractivity contribution >= 4 is 32.4 Å². The van der Waals surface area contributed by atoms with Gasteiger partial charge in [0, 0.05) is 17.3 Å². The molecule has 1 N–H and O–H groups in total. The smallest absolute Gasteiger partial charge is 0.251 e. The molecule has 0 spiro atoms. The van der Waals surface area contributed by atoms with E-state index in [-0.39, 0.29) is 5.91 Å². The normalized spacial score (nSPS) is 11.4. The average Bonchev–Trinajstić information content (AvgIpc) is 3.41. The molecule has 3 aromatic heterocycles. The molecule has 0 unspecified atom stereocenters. The first-order chi connectivity index (χ1) is 14.1. The number of nitrogens with zero attached hydrogens (tertiary/aromatic N) is 2. The van der Waals surface area contributed by atoms with Crippen LogP contribution in [0.5, 0.6) is 0 Å². The van der Waals surface area contributed by atoms with Crippen LogP contribution >= 0.6 is 11.3 Å². The Balaban J connectivity index is 1.46. The number of fused-ring (bicyclic) bond motifs is 3. The number of thiazole rings is 1. The van der Waals surface area contributed by atoms with Crippen molar-refractivity contribution in [1.29, 1.82) is 0 Å². The van der Waals surface area contributed by atoms with Gasteiger partial charge in [-0.2, -0.15) is 0 Å². The summed E-state index contributed by atoms with van der Waals surface area (Å²) in [6.07, 6.45) is 3.67. The highest BCUT2D eigenvalue weighted by Crippen LogP contribution is 2.31. The molecule has 0 radical (unpaired) electrons. The van der Waals surface area contributed by atoms with Crippen LogP contribution in [0.25, 0.3) is 26.4 Å². The van der Waals surface area contributed by atoms with Gasteiger partial charge < -0.3 is 9.73 Å². The molecule has 5 nitrogen and oxygen atoms in total. The van der Waals surface area contributed by atoms with Crippen LogP contribution in [0.4, 0.5) is 0 Å². The minimum Gasteiger partial charge on any atom is -0.467 e. The first kappa shape index (κ1) is 17.7. The number of hydrogen-bond acceptors (Lipinski definition) is 4. The molecule has 0 bridgehead atoms. The van der Waals surface area contributed by atoms with E-state index in [1.54, 1.807) is 23.7 Å². The van der Waals surface area contributed by atoms with Gasteiger partial charge in [-0.05, 0) is 49.7 Å². The minimum atomic E-state index is -0.120. The number of imidazole rings is 1. The van der Waals surface area contributed by atoms with Gasteiger partial charge in [0.15, 0.2) is 4.96 Å². The summed E-state index contributed by atoms with van der Waals surface area (Å²) in [5.41, 5.74) is 6.26. The zero-order valence-electron chi connectivity index (χ0n) is 16.1. The highest BCUT2D eigenvalue weighted by atomic mass is 32.1. The molecule has 0 saturated heterocycles. The van der Waals surface area contributed by atoms with E-state index in [1.807, 2.05) is 24.3 Å². The van der Waals surface area contributed by atoms with E-state index in [9.17, 15) is 4.79 Å². The summed E-state index contributed by atoms with van der Waals surface area (Å²) >= 11 is 1.59. The van der Waals surface area contributed by atoms with Crippen LogP contribution in [0.2, 0.25) is 0 Å². The standard InChI is InChI=1S/C23H19N3O2S/c1-14-5-7-18(15(2)10-14)19-13-26-20-8-6-16(11-21(20)29-23(26)25-19)22(27)24-12-17-4-3-9-28-17/h3-11,13H,12H2,1-2H3,(H,24,27). The SMILES string of the molecule is Cc1ccc(-c2cn3c(n2)sc2cc(C(=O)NCc4ccco4)ccc23)c(C)c1. The summed E-state index contributed by atoms with van der Waals surface area (Å²) in [6.45, 7) is 4.58. The largest absolute Gasteiger partial charge is 0.467 e. The molecule has 2 aromatic carbocycles. The fourth-order valence-corrected chi connectivity index (χ4v) is 4.60. The number of rotatable bonds is 4. The molecular weight excluding hydrogens is 382 g/mol. The van der Waals surface area contributed by atoms with Gasteiger partial charge in [-0.15, -0.1) is 0 Å².